The molecule has 4 rings (SSSR count). The molecular formula is C30H45N5O5. The van der Waals surface area contributed by atoms with Crippen molar-refractivity contribution < 1.29 is 23.9 Å². The average molecular weight is 556 g/mol. The molecule has 0 bridgehead atoms. The Labute approximate surface area is 238 Å². The number of rotatable bonds is 9. The van der Waals surface area contributed by atoms with Crippen LogP contribution in [0.4, 0.5) is 5.69 Å². The maximum atomic E-state index is 13.8. The second kappa shape index (κ2) is 12.7. The van der Waals surface area contributed by atoms with Crippen molar-refractivity contribution in [1.82, 2.24) is 20.0 Å². The minimum absolute atomic E-state index is 0.0224. The number of benzene rings is 1. The summed E-state index contributed by atoms with van der Waals surface area (Å²) in [5, 5.41) is 2.95. The molecule has 4 atom stereocenters. The summed E-state index contributed by atoms with van der Waals surface area (Å²) in [7, 11) is 3.62. The van der Waals surface area contributed by atoms with E-state index in [9.17, 15) is 19.2 Å². The molecule has 1 aromatic carbocycles. The van der Waals surface area contributed by atoms with Gasteiger partial charge in [0.25, 0.3) is 11.8 Å². The largest absolute Gasteiger partial charge is 0.371 e. The maximum absolute atomic E-state index is 13.8. The van der Waals surface area contributed by atoms with E-state index in [-0.39, 0.29) is 47.9 Å². The van der Waals surface area contributed by atoms with Gasteiger partial charge in [-0.3, -0.25) is 19.2 Å². The highest BCUT2D eigenvalue weighted by atomic mass is 16.5. The number of ether oxygens (including phenoxy) is 1. The molecule has 40 heavy (non-hydrogen) atoms. The number of hydrogen-bond acceptors (Lipinski definition) is 7. The van der Waals surface area contributed by atoms with E-state index in [2.05, 4.69) is 22.2 Å². The van der Waals surface area contributed by atoms with E-state index < -0.39 is 18.2 Å². The molecule has 3 aliphatic rings. The number of nitrogens with zero attached hydrogens (tertiary/aromatic N) is 4. The standard InChI is InChI=1S/C30H45N5O5/c1-19(2)17-23(31-28(37)21-7-9-22(10-8-21)33-15-13-32(5)14-16-33)29(38)34-12-11-24-26(34)25(36)18-35(24)30(39)27(40-6)20(3)4/h7-10,19-20,23-24,26-27H,11-18H2,1-6H3,(H,31,37). The number of fused-ring (bicyclic) bond motifs is 1. The van der Waals surface area contributed by atoms with Gasteiger partial charge in [0.2, 0.25) is 5.91 Å². The molecule has 3 saturated heterocycles. The molecule has 0 aromatic heterocycles. The summed E-state index contributed by atoms with van der Waals surface area (Å²) < 4.78 is 5.42. The number of likely N-dealkylation sites (N-methyl/N-ethyl adjacent to an activating group) is 1. The lowest BCUT2D eigenvalue weighted by molar-refractivity contribution is -0.146. The van der Waals surface area contributed by atoms with Crippen molar-refractivity contribution in [1.29, 1.82) is 0 Å². The Morgan fingerprint density at radius 1 is 0.950 bits per heavy atom. The minimum atomic E-state index is -0.761. The van der Waals surface area contributed by atoms with Crippen molar-refractivity contribution in [3.63, 3.8) is 0 Å². The third-order valence-electron chi connectivity index (χ3n) is 8.40. The fourth-order valence-corrected chi connectivity index (χ4v) is 6.20. The van der Waals surface area contributed by atoms with Crippen LogP contribution in [0.3, 0.4) is 0 Å². The predicted octanol–water partition coefficient (Wildman–Crippen LogP) is 1.63. The van der Waals surface area contributed by atoms with E-state index in [0.717, 1.165) is 31.9 Å². The Kier molecular flexibility index (Phi) is 9.51. The molecule has 0 spiro atoms. The maximum Gasteiger partial charge on any atom is 0.252 e. The van der Waals surface area contributed by atoms with Crippen LogP contribution in [-0.4, -0.2) is 116 Å². The zero-order valence-corrected chi connectivity index (χ0v) is 24.8. The Balaban J connectivity index is 1.45. The molecule has 3 aliphatic heterocycles. The van der Waals surface area contributed by atoms with Gasteiger partial charge in [0.1, 0.15) is 18.2 Å². The van der Waals surface area contributed by atoms with Gasteiger partial charge in [-0.1, -0.05) is 27.7 Å². The molecule has 10 heteroatoms. The molecule has 10 nitrogen and oxygen atoms in total. The molecule has 0 aliphatic carbocycles. The van der Waals surface area contributed by atoms with Gasteiger partial charge in [0.15, 0.2) is 5.78 Å². The van der Waals surface area contributed by atoms with Gasteiger partial charge in [-0.05, 0) is 56.0 Å². The summed E-state index contributed by atoms with van der Waals surface area (Å²) in [6, 6.07) is 5.71. The zero-order valence-electron chi connectivity index (χ0n) is 24.8. The number of amides is 3. The fraction of sp³-hybridized carbons (Fsp3) is 0.667. The first-order valence-corrected chi connectivity index (χ1v) is 14.5. The molecular weight excluding hydrogens is 510 g/mol. The summed E-state index contributed by atoms with van der Waals surface area (Å²) in [6.45, 7) is 12.0. The van der Waals surface area contributed by atoms with E-state index in [1.807, 2.05) is 39.8 Å². The van der Waals surface area contributed by atoms with Crippen molar-refractivity contribution in [3.8, 4) is 0 Å². The third kappa shape index (κ3) is 6.33. The van der Waals surface area contributed by atoms with Crippen molar-refractivity contribution in [2.24, 2.45) is 11.8 Å². The number of ketones is 1. The van der Waals surface area contributed by atoms with Crippen LogP contribution in [0.5, 0.6) is 0 Å². The van der Waals surface area contributed by atoms with Gasteiger partial charge < -0.3 is 29.7 Å². The van der Waals surface area contributed by atoms with Crippen LogP contribution in [0.25, 0.3) is 0 Å². The summed E-state index contributed by atoms with van der Waals surface area (Å²) in [5.74, 6) is -0.811. The van der Waals surface area contributed by atoms with Crippen LogP contribution in [0.1, 0.15) is 50.9 Å². The van der Waals surface area contributed by atoms with E-state index in [4.69, 9.17) is 4.74 Å². The van der Waals surface area contributed by atoms with Crippen LogP contribution in [0, 0.1) is 11.8 Å². The van der Waals surface area contributed by atoms with Gasteiger partial charge in [0, 0.05) is 51.1 Å². The minimum Gasteiger partial charge on any atom is -0.371 e. The van der Waals surface area contributed by atoms with Gasteiger partial charge in [-0.25, -0.2) is 0 Å². The van der Waals surface area contributed by atoms with Crippen LogP contribution in [0.15, 0.2) is 24.3 Å². The van der Waals surface area contributed by atoms with Crippen LogP contribution in [-0.2, 0) is 19.1 Å². The normalized spacial score (nSPS) is 23.1. The highest BCUT2D eigenvalue weighted by molar-refractivity contribution is 6.01. The summed E-state index contributed by atoms with van der Waals surface area (Å²) >= 11 is 0. The first-order valence-electron chi connectivity index (χ1n) is 14.5. The van der Waals surface area contributed by atoms with Gasteiger partial charge in [-0.15, -0.1) is 0 Å². The molecule has 220 valence electrons. The topological polar surface area (TPSA) is 102 Å². The number of carbonyl (C=O) groups excluding carboxylic acids is 4. The molecule has 3 heterocycles. The van der Waals surface area contributed by atoms with Crippen LogP contribution >= 0.6 is 0 Å². The highest BCUT2D eigenvalue weighted by Gasteiger charge is 2.53. The van der Waals surface area contributed by atoms with Crippen LogP contribution < -0.4 is 10.2 Å². The Morgan fingerprint density at radius 3 is 2.17 bits per heavy atom. The molecule has 3 fully saturated rings. The third-order valence-corrected chi connectivity index (χ3v) is 8.40. The molecule has 0 saturated carbocycles. The summed E-state index contributed by atoms with van der Waals surface area (Å²) in [6.07, 6.45) is 0.346. The number of anilines is 1. The van der Waals surface area contributed by atoms with Gasteiger partial charge in [0.05, 0.1) is 12.6 Å². The number of nitrogens with one attached hydrogen (secondary N) is 1. The summed E-state index contributed by atoms with van der Waals surface area (Å²) in [5.41, 5.74) is 1.57. The van der Waals surface area contributed by atoms with Crippen molar-refractivity contribution in [2.45, 2.75) is 64.8 Å². The zero-order chi connectivity index (χ0) is 29.1. The quantitative estimate of drug-likeness (QED) is 0.494. The number of carbonyl (C=O) groups is 4. The van der Waals surface area contributed by atoms with E-state index in [0.29, 0.717) is 24.9 Å². The molecule has 3 amide bonds. The van der Waals surface area contributed by atoms with E-state index in [1.165, 1.54) is 7.11 Å². The fourth-order valence-electron chi connectivity index (χ4n) is 6.20. The van der Waals surface area contributed by atoms with Crippen molar-refractivity contribution in [3.05, 3.63) is 29.8 Å². The molecule has 1 aromatic rings. The lowest BCUT2D eigenvalue weighted by Crippen LogP contribution is -2.53. The first-order chi connectivity index (χ1) is 19.0. The second-order valence-electron chi connectivity index (χ2n) is 12.2. The van der Waals surface area contributed by atoms with Gasteiger partial charge in [-0.2, -0.15) is 0 Å². The Bertz CT molecular complexity index is 1080. The van der Waals surface area contributed by atoms with Gasteiger partial charge >= 0.3 is 0 Å². The number of Topliss-reactive ketones (excluding diaryl/α,β-unsaturated/α-hetero) is 1. The molecule has 0 radical (unpaired) electrons. The number of likely N-dealkylation sites (tertiary alicyclic amines) is 2. The van der Waals surface area contributed by atoms with Crippen LogP contribution in [0.2, 0.25) is 0 Å². The number of hydrogen-bond donors (Lipinski definition) is 1. The Morgan fingerprint density at radius 2 is 1.60 bits per heavy atom. The molecule has 4 unspecified atom stereocenters. The van der Waals surface area contributed by atoms with E-state index in [1.54, 1.807) is 21.9 Å². The SMILES string of the molecule is COC(C(=O)N1CC(=O)C2C1CCN2C(=O)C(CC(C)C)NC(=O)c1ccc(N2CCN(C)CC2)cc1)C(C)C. The smallest absolute Gasteiger partial charge is 0.252 e. The summed E-state index contributed by atoms with van der Waals surface area (Å²) in [4.78, 5) is 61.1. The molecule has 1 N–H and O–H groups in total. The lowest BCUT2D eigenvalue weighted by Gasteiger charge is -2.34. The first kappa shape index (κ1) is 30.0. The lowest BCUT2D eigenvalue weighted by atomic mass is 10.0. The van der Waals surface area contributed by atoms with E-state index >= 15 is 0 Å². The highest BCUT2D eigenvalue weighted by Crippen LogP contribution is 2.32. The second-order valence-corrected chi connectivity index (χ2v) is 12.2. The number of methoxy groups -OCH3 is 1. The predicted molar refractivity (Wildman–Crippen MR) is 153 cm³/mol. The Hall–Kier alpha value is -2.98. The number of piperazine rings is 1. The van der Waals surface area contributed by atoms with Crippen molar-refractivity contribution >= 4 is 29.2 Å². The average Bonchev–Trinajstić information content (AvgIpc) is 3.49. The van der Waals surface area contributed by atoms with Crippen molar-refractivity contribution in [2.75, 3.05) is 58.3 Å². The monoisotopic (exact) mass is 555 g/mol.